The van der Waals surface area contributed by atoms with Crippen molar-refractivity contribution in [3.8, 4) is 18.1 Å². The quantitative estimate of drug-likeness (QED) is 0.776. The van der Waals surface area contributed by atoms with Crippen LogP contribution in [-0.2, 0) is 10.8 Å². The molecule has 0 amide bonds. The van der Waals surface area contributed by atoms with Crippen molar-refractivity contribution >= 4 is 10.8 Å². The smallest absolute Gasteiger partial charge is 0.422 e. The van der Waals surface area contributed by atoms with Gasteiger partial charge in [-0.05, 0) is 32.9 Å². The SMILES string of the molecule is C#C[C@@H](C[S@](=O)C(C)(C)C)c1ccc(OCC(F)(F)F)cn1. The van der Waals surface area contributed by atoms with Crippen molar-refractivity contribution in [2.24, 2.45) is 0 Å². The van der Waals surface area contributed by atoms with Gasteiger partial charge in [0.05, 0.1) is 17.8 Å². The number of halogens is 3. The number of alkyl halides is 3. The number of rotatable bonds is 5. The Morgan fingerprint density at radius 1 is 1.36 bits per heavy atom. The molecular formula is C15H18F3NO2S. The predicted molar refractivity (Wildman–Crippen MR) is 80.1 cm³/mol. The van der Waals surface area contributed by atoms with E-state index in [-0.39, 0.29) is 11.5 Å². The van der Waals surface area contributed by atoms with Gasteiger partial charge in [0.1, 0.15) is 5.75 Å². The van der Waals surface area contributed by atoms with E-state index in [1.165, 1.54) is 18.3 Å². The van der Waals surface area contributed by atoms with Gasteiger partial charge in [-0.1, -0.05) is 5.92 Å². The largest absolute Gasteiger partial charge is 0.483 e. The molecule has 1 heterocycles. The van der Waals surface area contributed by atoms with Crippen molar-refractivity contribution in [1.82, 2.24) is 4.98 Å². The topological polar surface area (TPSA) is 39.2 Å². The second-order valence-corrected chi connectivity index (χ2v) is 7.92. The highest BCUT2D eigenvalue weighted by Crippen LogP contribution is 2.22. The minimum absolute atomic E-state index is 0.00814. The molecule has 122 valence electrons. The molecule has 0 aromatic carbocycles. The molecule has 0 saturated carbocycles. The lowest BCUT2D eigenvalue weighted by atomic mass is 10.1. The fourth-order valence-electron chi connectivity index (χ4n) is 1.47. The number of terminal acetylenes is 1. The maximum Gasteiger partial charge on any atom is 0.422 e. The third-order valence-corrected chi connectivity index (χ3v) is 4.72. The molecule has 0 spiro atoms. The molecule has 22 heavy (non-hydrogen) atoms. The van der Waals surface area contributed by atoms with Crippen molar-refractivity contribution < 1.29 is 22.1 Å². The van der Waals surface area contributed by atoms with E-state index in [4.69, 9.17) is 6.42 Å². The third-order valence-electron chi connectivity index (χ3n) is 2.72. The Kier molecular flexibility index (Phi) is 6.00. The number of nitrogens with zero attached hydrogens (tertiary/aromatic N) is 1. The summed E-state index contributed by atoms with van der Waals surface area (Å²) in [5.74, 6) is 2.31. The van der Waals surface area contributed by atoms with Crippen molar-refractivity contribution in [1.29, 1.82) is 0 Å². The number of aromatic nitrogens is 1. The number of ether oxygens (including phenoxy) is 1. The van der Waals surface area contributed by atoms with Gasteiger partial charge in [-0.2, -0.15) is 13.2 Å². The highest BCUT2D eigenvalue weighted by molar-refractivity contribution is 7.86. The van der Waals surface area contributed by atoms with Gasteiger partial charge >= 0.3 is 6.18 Å². The van der Waals surface area contributed by atoms with Crippen LogP contribution >= 0.6 is 0 Å². The summed E-state index contributed by atoms with van der Waals surface area (Å²) in [4.78, 5) is 4.02. The molecule has 1 rings (SSSR count). The van der Waals surface area contributed by atoms with Crippen LogP contribution in [-0.4, -0.2) is 32.5 Å². The molecule has 0 N–H and O–H groups in total. The van der Waals surface area contributed by atoms with E-state index in [0.717, 1.165) is 0 Å². The van der Waals surface area contributed by atoms with Crippen LogP contribution in [0.25, 0.3) is 0 Å². The van der Waals surface area contributed by atoms with E-state index in [9.17, 15) is 17.4 Å². The Bertz CT molecular complexity index is 556. The van der Waals surface area contributed by atoms with Gasteiger partial charge < -0.3 is 4.74 Å². The summed E-state index contributed by atoms with van der Waals surface area (Å²) in [6.45, 7) is 4.16. The summed E-state index contributed by atoms with van der Waals surface area (Å²) < 4.78 is 52.5. The average Bonchev–Trinajstić information content (AvgIpc) is 2.41. The zero-order chi connectivity index (χ0) is 17.0. The van der Waals surface area contributed by atoms with Crippen molar-refractivity contribution in [3.05, 3.63) is 24.0 Å². The molecule has 0 bridgehead atoms. The van der Waals surface area contributed by atoms with E-state index in [2.05, 4.69) is 15.6 Å². The average molecular weight is 333 g/mol. The molecule has 0 aliphatic heterocycles. The van der Waals surface area contributed by atoms with Gasteiger partial charge in [0.2, 0.25) is 0 Å². The Morgan fingerprint density at radius 2 is 2.00 bits per heavy atom. The fourth-order valence-corrected chi connectivity index (χ4v) is 2.54. The fraction of sp³-hybridized carbons (Fsp3) is 0.533. The van der Waals surface area contributed by atoms with Crippen LogP contribution in [0, 0.1) is 12.3 Å². The van der Waals surface area contributed by atoms with Crippen LogP contribution in [0.3, 0.4) is 0 Å². The molecule has 0 unspecified atom stereocenters. The van der Waals surface area contributed by atoms with Crippen LogP contribution in [0.5, 0.6) is 5.75 Å². The maximum atomic E-state index is 12.1. The monoisotopic (exact) mass is 333 g/mol. The predicted octanol–water partition coefficient (Wildman–Crippen LogP) is 3.29. The second kappa shape index (κ2) is 7.14. The molecule has 0 fully saturated rings. The van der Waals surface area contributed by atoms with E-state index >= 15 is 0 Å². The Morgan fingerprint density at radius 3 is 2.41 bits per heavy atom. The highest BCUT2D eigenvalue weighted by atomic mass is 32.2. The lowest BCUT2D eigenvalue weighted by Crippen LogP contribution is -2.26. The summed E-state index contributed by atoms with van der Waals surface area (Å²) in [6.07, 6.45) is 2.23. The van der Waals surface area contributed by atoms with Gasteiger partial charge in [-0.25, -0.2) is 0 Å². The molecule has 0 aliphatic rings. The highest BCUT2D eigenvalue weighted by Gasteiger charge is 2.28. The number of hydrogen-bond acceptors (Lipinski definition) is 3. The van der Waals surface area contributed by atoms with Gasteiger partial charge in [0, 0.05) is 21.3 Å². The van der Waals surface area contributed by atoms with Crippen LogP contribution in [0.1, 0.15) is 32.4 Å². The molecule has 7 heteroatoms. The lowest BCUT2D eigenvalue weighted by molar-refractivity contribution is -0.153. The van der Waals surface area contributed by atoms with Crippen LogP contribution in [0.15, 0.2) is 18.3 Å². The first kappa shape index (κ1) is 18.5. The zero-order valence-electron chi connectivity index (χ0n) is 12.6. The molecule has 0 aliphatic carbocycles. The van der Waals surface area contributed by atoms with Gasteiger partial charge in [-0.3, -0.25) is 9.19 Å². The Hall–Kier alpha value is -1.55. The first-order valence-electron chi connectivity index (χ1n) is 6.53. The van der Waals surface area contributed by atoms with E-state index in [0.29, 0.717) is 5.69 Å². The van der Waals surface area contributed by atoms with Crippen molar-refractivity contribution in [2.45, 2.75) is 37.6 Å². The maximum absolute atomic E-state index is 12.1. The Balaban J connectivity index is 2.75. The molecule has 1 aromatic rings. The van der Waals surface area contributed by atoms with E-state index in [1.54, 1.807) is 0 Å². The summed E-state index contributed by atoms with van der Waals surface area (Å²) >= 11 is 0. The number of pyridine rings is 1. The van der Waals surface area contributed by atoms with E-state index < -0.39 is 34.2 Å². The van der Waals surface area contributed by atoms with Crippen molar-refractivity contribution in [2.75, 3.05) is 12.4 Å². The van der Waals surface area contributed by atoms with Gasteiger partial charge in [-0.15, -0.1) is 6.42 Å². The molecule has 3 nitrogen and oxygen atoms in total. The summed E-state index contributed by atoms with van der Waals surface area (Å²) in [7, 11) is -1.15. The Labute approximate surface area is 130 Å². The first-order chi connectivity index (χ1) is 10.0. The lowest BCUT2D eigenvalue weighted by Gasteiger charge is -2.20. The van der Waals surface area contributed by atoms with Crippen LogP contribution in [0.4, 0.5) is 13.2 Å². The minimum atomic E-state index is -4.40. The third kappa shape index (κ3) is 6.06. The van der Waals surface area contributed by atoms with Crippen LogP contribution in [0.2, 0.25) is 0 Å². The van der Waals surface area contributed by atoms with E-state index in [1.807, 2.05) is 20.8 Å². The first-order valence-corrected chi connectivity index (χ1v) is 7.85. The molecule has 2 atom stereocenters. The number of hydrogen-bond donors (Lipinski definition) is 0. The normalized spacial score (nSPS) is 15.0. The van der Waals surface area contributed by atoms with Gasteiger partial charge in [0.15, 0.2) is 6.61 Å². The van der Waals surface area contributed by atoms with Crippen molar-refractivity contribution in [3.63, 3.8) is 0 Å². The second-order valence-electron chi connectivity index (χ2n) is 5.67. The minimum Gasteiger partial charge on any atom is -0.483 e. The summed E-state index contributed by atoms with van der Waals surface area (Å²) in [5, 5.41) is 0. The standard InChI is InChI=1S/C15H18F3NO2S/c1-5-11(9-22(20)14(2,3)4)13-7-6-12(8-19-13)21-10-15(16,17)18/h1,6-8,11H,9-10H2,2-4H3/t11-,22-/m0/s1. The summed E-state index contributed by atoms with van der Waals surface area (Å²) in [5.41, 5.74) is 0.486. The zero-order valence-corrected chi connectivity index (χ0v) is 13.4. The summed E-state index contributed by atoms with van der Waals surface area (Å²) in [6, 6.07) is 2.87. The van der Waals surface area contributed by atoms with Crippen LogP contribution < -0.4 is 4.74 Å². The molecule has 0 saturated heterocycles. The molecule has 0 radical (unpaired) electrons. The van der Waals surface area contributed by atoms with Gasteiger partial charge in [0.25, 0.3) is 0 Å². The molecule has 1 aromatic heterocycles. The molecular weight excluding hydrogens is 315 g/mol.